The first-order valence-corrected chi connectivity index (χ1v) is 15.6. The minimum Gasteiger partial charge on any atom is -0.325 e. The average Bonchev–Trinajstić information content (AvgIpc) is 3.40. The maximum absolute atomic E-state index is 14.0. The Morgan fingerprint density at radius 1 is 0.907 bits per heavy atom. The van der Waals surface area contributed by atoms with Crippen LogP contribution in [0.15, 0.2) is 82.6 Å². The van der Waals surface area contributed by atoms with Gasteiger partial charge in [-0.1, -0.05) is 85.8 Å². The first-order chi connectivity index (χ1) is 20.4. The Hall–Kier alpha value is -4.02. The Labute approximate surface area is 256 Å². The molecule has 220 valence electrons. The fourth-order valence-electron chi connectivity index (χ4n) is 5.63. The van der Waals surface area contributed by atoms with Gasteiger partial charge in [0, 0.05) is 16.5 Å². The van der Waals surface area contributed by atoms with Crippen LogP contribution in [0.5, 0.6) is 0 Å². The van der Waals surface area contributed by atoms with Gasteiger partial charge in [-0.15, -0.1) is 0 Å². The van der Waals surface area contributed by atoms with Gasteiger partial charge < -0.3 is 5.32 Å². The lowest BCUT2D eigenvalue weighted by atomic mass is 9.81. The fourth-order valence-corrected chi connectivity index (χ4v) is 8.40. The second kappa shape index (κ2) is 10.9. The summed E-state index contributed by atoms with van der Waals surface area (Å²) in [6.45, 7) is 8.05. The predicted molar refractivity (Wildman–Crippen MR) is 167 cm³/mol. The number of carbonyl (C=O) groups is 3. The number of aromatic nitrogens is 1. The molecule has 2 aliphatic heterocycles. The number of nitrogens with zero attached hydrogens (tertiary/aromatic N) is 2. The number of anilines is 2. The smallest absolute Gasteiger partial charge is 0.308 e. The normalized spacial score (nSPS) is 19.7. The lowest BCUT2D eigenvalue weighted by Gasteiger charge is -2.31. The zero-order valence-electron chi connectivity index (χ0n) is 24.1. The Balaban J connectivity index is 1.41. The summed E-state index contributed by atoms with van der Waals surface area (Å²) >= 11 is 2.16. The third kappa shape index (κ3) is 5.34. The molecule has 10 heteroatoms. The molecule has 1 saturated heterocycles. The summed E-state index contributed by atoms with van der Waals surface area (Å²) in [6.07, 6.45) is 0. The van der Waals surface area contributed by atoms with Crippen LogP contribution < -0.4 is 15.1 Å². The Bertz CT molecular complexity index is 1790. The van der Waals surface area contributed by atoms with Gasteiger partial charge in [0.2, 0.25) is 17.7 Å². The number of aryl methyl sites for hydroxylation is 1. The topological polar surface area (TPSA) is 88.5 Å². The molecule has 1 aromatic heterocycles. The minimum absolute atomic E-state index is 0.0911. The number of hydrogen-bond acceptors (Lipinski definition) is 6. The number of benzene rings is 3. The van der Waals surface area contributed by atoms with E-state index in [1.54, 1.807) is 12.1 Å². The van der Waals surface area contributed by atoms with E-state index in [9.17, 15) is 23.6 Å². The quantitative estimate of drug-likeness (QED) is 0.275. The molecule has 0 radical (unpaired) electrons. The molecule has 1 fully saturated rings. The summed E-state index contributed by atoms with van der Waals surface area (Å²) in [7, 11) is 0. The monoisotopic (exact) mass is 615 g/mol. The summed E-state index contributed by atoms with van der Waals surface area (Å²) in [5.74, 6) is -3.01. The number of amides is 3. The van der Waals surface area contributed by atoms with Crippen LogP contribution in [-0.2, 0) is 26.3 Å². The van der Waals surface area contributed by atoms with E-state index in [-0.39, 0.29) is 22.7 Å². The van der Waals surface area contributed by atoms with Crippen LogP contribution in [0.4, 0.5) is 15.8 Å². The van der Waals surface area contributed by atoms with Gasteiger partial charge in [0.1, 0.15) is 17.6 Å². The number of fused-ring (bicyclic) bond motifs is 2. The fraction of sp³-hybridized carbons (Fsp3) is 0.273. The summed E-state index contributed by atoms with van der Waals surface area (Å²) < 4.78 is 15.1. The van der Waals surface area contributed by atoms with Gasteiger partial charge >= 0.3 is 4.87 Å². The van der Waals surface area contributed by atoms with Gasteiger partial charge in [-0.25, -0.2) is 9.29 Å². The van der Waals surface area contributed by atoms with E-state index in [4.69, 9.17) is 0 Å². The van der Waals surface area contributed by atoms with Crippen molar-refractivity contribution in [1.82, 2.24) is 4.57 Å². The van der Waals surface area contributed by atoms with Crippen molar-refractivity contribution in [3.63, 3.8) is 0 Å². The van der Waals surface area contributed by atoms with Crippen LogP contribution >= 0.6 is 23.1 Å². The van der Waals surface area contributed by atoms with Gasteiger partial charge in [0.05, 0.1) is 16.6 Å². The van der Waals surface area contributed by atoms with E-state index >= 15 is 0 Å². The molecule has 2 aliphatic rings. The molecule has 0 saturated carbocycles. The highest BCUT2D eigenvalue weighted by atomic mass is 32.2. The SMILES string of the molecule is Cc1ccc(NC(=O)Cn2c3c(sc2=O)C(c2ccc(C(C)(C)C)cc2)C2C(=O)N(c4ccc(F)cc4)C(=O)C2S3)cc1. The molecular weight excluding hydrogens is 586 g/mol. The van der Waals surface area contributed by atoms with Crippen LogP contribution in [0.25, 0.3) is 0 Å². The van der Waals surface area contributed by atoms with Crippen molar-refractivity contribution in [3.8, 4) is 0 Å². The highest BCUT2D eigenvalue weighted by molar-refractivity contribution is 8.00. The summed E-state index contributed by atoms with van der Waals surface area (Å²) in [6, 6.07) is 20.6. The predicted octanol–water partition coefficient (Wildman–Crippen LogP) is 6.09. The molecular formula is C33H30FN3O4S2. The van der Waals surface area contributed by atoms with E-state index in [1.165, 1.54) is 28.8 Å². The van der Waals surface area contributed by atoms with Gasteiger partial charge in [-0.3, -0.25) is 23.7 Å². The highest BCUT2D eigenvalue weighted by Crippen LogP contribution is 2.54. The van der Waals surface area contributed by atoms with Crippen molar-refractivity contribution in [3.05, 3.63) is 110 Å². The molecule has 0 spiro atoms. The third-order valence-corrected chi connectivity index (χ3v) is 10.5. The zero-order valence-corrected chi connectivity index (χ0v) is 25.7. The van der Waals surface area contributed by atoms with Crippen molar-refractivity contribution < 1.29 is 18.8 Å². The standard InChI is InChI=1S/C33H30FN3O4S2/c1-18-5-13-22(14-6-18)35-24(38)17-36-31-28(43-32(36)41)25(19-7-9-20(10-8-19)33(2,3)4)26-27(42-31)30(40)37(29(26)39)23-15-11-21(34)12-16-23/h5-16,25-27H,17H2,1-4H3,(H,35,38). The Morgan fingerprint density at radius 3 is 2.19 bits per heavy atom. The molecule has 6 rings (SSSR count). The maximum atomic E-state index is 14.0. The Morgan fingerprint density at radius 2 is 1.56 bits per heavy atom. The number of hydrogen-bond donors (Lipinski definition) is 1. The molecule has 1 N–H and O–H groups in total. The first-order valence-electron chi connectivity index (χ1n) is 13.9. The van der Waals surface area contributed by atoms with Crippen molar-refractivity contribution >= 4 is 52.2 Å². The molecule has 0 aliphatic carbocycles. The third-order valence-electron chi connectivity index (χ3n) is 7.91. The number of carbonyl (C=O) groups excluding carboxylic acids is 3. The average molecular weight is 616 g/mol. The molecule has 3 heterocycles. The van der Waals surface area contributed by atoms with Crippen LogP contribution in [0.3, 0.4) is 0 Å². The van der Waals surface area contributed by atoms with Crippen LogP contribution in [0.2, 0.25) is 0 Å². The molecule has 3 amide bonds. The second-order valence-corrected chi connectivity index (χ2v) is 14.1. The highest BCUT2D eigenvalue weighted by Gasteiger charge is 2.56. The lowest BCUT2D eigenvalue weighted by molar-refractivity contribution is -0.122. The van der Waals surface area contributed by atoms with Crippen molar-refractivity contribution in [2.24, 2.45) is 5.92 Å². The number of rotatable bonds is 5. The van der Waals surface area contributed by atoms with E-state index in [0.717, 1.165) is 44.7 Å². The molecule has 43 heavy (non-hydrogen) atoms. The lowest BCUT2D eigenvalue weighted by Crippen LogP contribution is -2.33. The van der Waals surface area contributed by atoms with Crippen molar-refractivity contribution in [2.75, 3.05) is 10.2 Å². The summed E-state index contributed by atoms with van der Waals surface area (Å²) in [5, 5.41) is 2.53. The second-order valence-electron chi connectivity index (χ2n) is 11.9. The van der Waals surface area contributed by atoms with Crippen molar-refractivity contribution in [2.45, 2.75) is 55.8 Å². The Kier molecular flexibility index (Phi) is 7.38. The first kappa shape index (κ1) is 29.1. The molecule has 4 aromatic rings. The van der Waals surface area contributed by atoms with Gasteiger partial charge in [-0.2, -0.15) is 0 Å². The van der Waals surface area contributed by atoms with Crippen LogP contribution in [0.1, 0.15) is 48.3 Å². The van der Waals surface area contributed by atoms with Crippen molar-refractivity contribution in [1.29, 1.82) is 0 Å². The van der Waals surface area contributed by atoms with E-state index in [0.29, 0.717) is 21.3 Å². The number of halogens is 1. The molecule has 3 aromatic carbocycles. The maximum Gasteiger partial charge on any atom is 0.308 e. The number of imide groups is 1. The van der Waals surface area contributed by atoms with E-state index < -0.39 is 34.7 Å². The van der Waals surface area contributed by atoms with E-state index in [1.807, 2.05) is 43.3 Å². The number of thioether (sulfide) groups is 1. The summed E-state index contributed by atoms with van der Waals surface area (Å²) in [5.41, 5.74) is 3.79. The molecule has 3 atom stereocenters. The molecule has 7 nitrogen and oxygen atoms in total. The van der Waals surface area contributed by atoms with Gasteiger partial charge in [-0.05, 0) is 59.9 Å². The minimum atomic E-state index is -0.822. The summed E-state index contributed by atoms with van der Waals surface area (Å²) in [4.78, 5) is 55.7. The van der Waals surface area contributed by atoms with Gasteiger partial charge in [0.25, 0.3) is 0 Å². The molecule has 3 unspecified atom stereocenters. The zero-order chi connectivity index (χ0) is 30.6. The van der Waals surface area contributed by atoms with E-state index in [2.05, 4.69) is 26.1 Å². The molecule has 0 bridgehead atoms. The number of nitrogens with one attached hydrogen (secondary N) is 1. The number of thiazole rings is 1. The van der Waals surface area contributed by atoms with Gasteiger partial charge in [0.15, 0.2) is 0 Å². The van der Waals surface area contributed by atoms with Crippen LogP contribution in [0, 0.1) is 18.7 Å². The van der Waals surface area contributed by atoms with Crippen LogP contribution in [-0.4, -0.2) is 27.5 Å². The largest absolute Gasteiger partial charge is 0.325 e.